The Labute approximate surface area is 126 Å². The molecule has 2 aromatic heterocycles. The molecule has 0 fully saturated rings. The van der Waals surface area contributed by atoms with Gasteiger partial charge in [0.15, 0.2) is 0 Å². The van der Waals surface area contributed by atoms with Crippen LogP contribution in [0.4, 0.5) is 11.5 Å². The van der Waals surface area contributed by atoms with Crippen molar-refractivity contribution in [3.63, 3.8) is 0 Å². The van der Waals surface area contributed by atoms with Crippen LogP contribution in [0.25, 0.3) is 10.2 Å². The molecule has 0 aliphatic heterocycles. The molecule has 0 radical (unpaired) electrons. The van der Waals surface area contributed by atoms with Crippen LogP contribution in [0.1, 0.15) is 16.9 Å². The molecule has 5 heteroatoms. The third kappa shape index (κ3) is 2.14. The standard InChI is InChI=1S/C16H15N3OS/c1-20-11-7-5-10(6-8-11)19-15-14-12-3-2-4-13(12)21-16(14)18-9-17-15/h5-9H,2-4H2,1H3,(H,17,18,19). The van der Waals surface area contributed by atoms with Gasteiger partial charge in [0.05, 0.1) is 12.5 Å². The average Bonchev–Trinajstić information content (AvgIpc) is 3.09. The number of nitrogens with zero attached hydrogens (tertiary/aromatic N) is 2. The number of aromatic nitrogens is 2. The summed E-state index contributed by atoms with van der Waals surface area (Å²) in [7, 11) is 1.67. The van der Waals surface area contributed by atoms with Crippen molar-refractivity contribution in [2.75, 3.05) is 12.4 Å². The van der Waals surface area contributed by atoms with E-state index >= 15 is 0 Å². The molecular weight excluding hydrogens is 282 g/mol. The maximum Gasteiger partial charge on any atom is 0.142 e. The maximum atomic E-state index is 5.19. The van der Waals surface area contributed by atoms with Gasteiger partial charge in [-0.3, -0.25) is 0 Å². The van der Waals surface area contributed by atoms with E-state index < -0.39 is 0 Å². The molecule has 3 aromatic rings. The van der Waals surface area contributed by atoms with Crippen molar-refractivity contribution in [1.82, 2.24) is 9.97 Å². The molecule has 0 saturated heterocycles. The predicted octanol–water partition coefficient (Wildman–Crippen LogP) is 3.93. The van der Waals surface area contributed by atoms with Crippen LogP contribution in [0.3, 0.4) is 0 Å². The first-order valence-corrected chi connectivity index (χ1v) is 7.83. The topological polar surface area (TPSA) is 47.0 Å². The lowest BCUT2D eigenvalue weighted by Crippen LogP contribution is -1.96. The quantitative estimate of drug-likeness (QED) is 0.795. The Morgan fingerprint density at radius 3 is 2.81 bits per heavy atom. The maximum absolute atomic E-state index is 5.19. The monoisotopic (exact) mass is 297 g/mol. The minimum atomic E-state index is 0.852. The lowest BCUT2D eigenvalue weighted by molar-refractivity contribution is 0.415. The molecular formula is C16H15N3OS. The average molecular weight is 297 g/mol. The number of hydrogen-bond donors (Lipinski definition) is 1. The van der Waals surface area contributed by atoms with Gasteiger partial charge in [-0.2, -0.15) is 0 Å². The molecule has 1 N–H and O–H groups in total. The first-order chi connectivity index (χ1) is 10.3. The molecule has 1 aliphatic rings. The Balaban J connectivity index is 1.75. The number of rotatable bonds is 3. The highest BCUT2D eigenvalue weighted by molar-refractivity contribution is 7.19. The largest absolute Gasteiger partial charge is 0.497 e. The summed E-state index contributed by atoms with van der Waals surface area (Å²) in [4.78, 5) is 11.4. The highest BCUT2D eigenvalue weighted by Gasteiger charge is 2.21. The van der Waals surface area contributed by atoms with Gasteiger partial charge in [0, 0.05) is 10.6 Å². The molecule has 21 heavy (non-hydrogen) atoms. The highest BCUT2D eigenvalue weighted by Crippen LogP contribution is 2.39. The summed E-state index contributed by atoms with van der Waals surface area (Å²) in [6.07, 6.45) is 5.20. The number of benzene rings is 1. The number of aryl methyl sites for hydroxylation is 2. The predicted molar refractivity (Wildman–Crippen MR) is 85.7 cm³/mol. The van der Waals surface area contributed by atoms with E-state index in [4.69, 9.17) is 4.74 Å². The van der Waals surface area contributed by atoms with Crippen molar-refractivity contribution in [2.24, 2.45) is 0 Å². The molecule has 4 nitrogen and oxygen atoms in total. The second-order valence-electron chi connectivity index (χ2n) is 5.11. The number of methoxy groups -OCH3 is 1. The Hall–Kier alpha value is -2.14. The second-order valence-corrected chi connectivity index (χ2v) is 6.20. The molecule has 2 heterocycles. The van der Waals surface area contributed by atoms with Gasteiger partial charge in [-0.15, -0.1) is 11.3 Å². The lowest BCUT2D eigenvalue weighted by atomic mass is 10.2. The summed E-state index contributed by atoms with van der Waals surface area (Å²) in [6, 6.07) is 7.89. The van der Waals surface area contributed by atoms with E-state index in [1.165, 1.54) is 28.7 Å². The van der Waals surface area contributed by atoms with Gasteiger partial charge in [-0.25, -0.2) is 9.97 Å². The third-order valence-corrected chi connectivity index (χ3v) is 5.05. The molecule has 0 spiro atoms. The van der Waals surface area contributed by atoms with E-state index in [0.29, 0.717) is 0 Å². The Kier molecular flexibility index (Phi) is 3.00. The van der Waals surface area contributed by atoms with Crippen LogP contribution in [0, 0.1) is 0 Å². The van der Waals surface area contributed by atoms with E-state index in [1.807, 2.05) is 24.3 Å². The van der Waals surface area contributed by atoms with Crippen molar-refractivity contribution >= 4 is 33.1 Å². The number of nitrogens with one attached hydrogen (secondary N) is 1. The van der Waals surface area contributed by atoms with Gasteiger partial charge in [0.1, 0.15) is 22.7 Å². The number of anilines is 2. The Morgan fingerprint density at radius 1 is 1.14 bits per heavy atom. The first kappa shape index (κ1) is 12.6. The van der Waals surface area contributed by atoms with Crippen LogP contribution < -0.4 is 10.1 Å². The zero-order valence-electron chi connectivity index (χ0n) is 11.7. The van der Waals surface area contributed by atoms with Gasteiger partial charge in [0.25, 0.3) is 0 Å². The summed E-state index contributed by atoms with van der Waals surface area (Å²) in [5, 5.41) is 4.61. The van der Waals surface area contributed by atoms with Crippen molar-refractivity contribution in [2.45, 2.75) is 19.3 Å². The minimum Gasteiger partial charge on any atom is -0.497 e. The molecule has 0 saturated carbocycles. The van der Waals surface area contributed by atoms with Crippen molar-refractivity contribution in [1.29, 1.82) is 0 Å². The van der Waals surface area contributed by atoms with Crippen LogP contribution in [-0.4, -0.2) is 17.1 Å². The van der Waals surface area contributed by atoms with Gasteiger partial charge in [-0.1, -0.05) is 0 Å². The normalized spacial score (nSPS) is 13.4. The molecule has 4 rings (SSSR count). The van der Waals surface area contributed by atoms with E-state index in [9.17, 15) is 0 Å². The number of ether oxygens (including phenoxy) is 1. The fourth-order valence-electron chi connectivity index (χ4n) is 2.83. The van der Waals surface area contributed by atoms with Crippen LogP contribution in [0.15, 0.2) is 30.6 Å². The molecule has 1 aromatic carbocycles. The Morgan fingerprint density at radius 2 is 2.00 bits per heavy atom. The van der Waals surface area contributed by atoms with Crippen molar-refractivity contribution in [3.8, 4) is 5.75 Å². The molecule has 0 atom stereocenters. The summed E-state index contributed by atoms with van der Waals surface area (Å²) in [6.45, 7) is 0. The summed E-state index contributed by atoms with van der Waals surface area (Å²) in [5.74, 6) is 1.76. The molecule has 0 amide bonds. The van der Waals surface area contributed by atoms with Gasteiger partial charge in [-0.05, 0) is 49.1 Å². The smallest absolute Gasteiger partial charge is 0.142 e. The van der Waals surface area contributed by atoms with E-state index in [0.717, 1.165) is 28.5 Å². The highest BCUT2D eigenvalue weighted by atomic mass is 32.1. The SMILES string of the molecule is COc1ccc(Nc2ncnc3sc4c(c23)CCC4)cc1. The fraction of sp³-hybridized carbons (Fsp3) is 0.250. The lowest BCUT2D eigenvalue weighted by Gasteiger charge is -2.08. The molecule has 0 bridgehead atoms. The second kappa shape index (κ2) is 5.00. The van der Waals surface area contributed by atoms with Crippen LogP contribution in [0.5, 0.6) is 5.75 Å². The van der Waals surface area contributed by atoms with Gasteiger partial charge >= 0.3 is 0 Å². The molecule has 106 valence electrons. The van der Waals surface area contributed by atoms with Crippen LogP contribution >= 0.6 is 11.3 Å². The zero-order valence-corrected chi connectivity index (χ0v) is 12.5. The van der Waals surface area contributed by atoms with Crippen molar-refractivity contribution in [3.05, 3.63) is 41.0 Å². The van der Waals surface area contributed by atoms with Gasteiger partial charge in [0.2, 0.25) is 0 Å². The van der Waals surface area contributed by atoms with Crippen LogP contribution in [0.2, 0.25) is 0 Å². The van der Waals surface area contributed by atoms with E-state index in [2.05, 4.69) is 15.3 Å². The van der Waals surface area contributed by atoms with Gasteiger partial charge < -0.3 is 10.1 Å². The Bertz CT molecular complexity index is 795. The first-order valence-electron chi connectivity index (χ1n) is 7.01. The van der Waals surface area contributed by atoms with Crippen LogP contribution in [-0.2, 0) is 12.8 Å². The third-order valence-electron chi connectivity index (χ3n) is 3.85. The summed E-state index contributed by atoms with van der Waals surface area (Å²) in [5.41, 5.74) is 2.44. The molecule has 1 aliphatic carbocycles. The van der Waals surface area contributed by atoms with E-state index in [1.54, 1.807) is 24.8 Å². The zero-order chi connectivity index (χ0) is 14.2. The summed E-state index contributed by atoms with van der Waals surface area (Å²) < 4.78 is 5.19. The minimum absolute atomic E-state index is 0.852. The number of thiophene rings is 1. The number of hydrogen-bond acceptors (Lipinski definition) is 5. The number of fused-ring (bicyclic) bond motifs is 3. The fourth-order valence-corrected chi connectivity index (χ4v) is 4.06. The van der Waals surface area contributed by atoms with E-state index in [-0.39, 0.29) is 0 Å². The molecule has 0 unspecified atom stereocenters. The van der Waals surface area contributed by atoms with Crippen molar-refractivity contribution < 1.29 is 4.74 Å². The summed E-state index contributed by atoms with van der Waals surface area (Å²) >= 11 is 1.81.